The molecule has 3 aromatic rings. The van der Waals surface area contributed by atoms with Gasteiger partial charge in [-0.2, -0.15) is 5.10 Å². The van der Waals surface area contributed by atoms with Gasteiger partial charge >= 0.3 is 0 Å². The topological polar surface area (TPSA) is 79.6 Å². The van der Waals surface area contributed by atoms with E-state index in [0.717, 1.165) is 29.8 Å². The summed E-state index contributed by atoms with van der Waals surface area (Å²) in [5.41, 5.74) is 3.11. The zero-order valence-electron chi connectivity index (χ0n) is 16.5. The lowest BCUT2D eigenvalue weighted by Gasteiger charge is -2.38. The van der Waals surface area contributed by atoms with Crippen molar-refractivity contribution in [2.24, 2.45) is 0 Å². The standard InChI is InChI=1S/C23H24N4O3/c28-20-11-10-18(20)25-23(29)22-15-26(19-4-1-2-5-21(19)30-22)14-16-6-8-17(9-7-16)27-13-3-12-24-27/h1-9,12-13,18,20,22,28H,10-11,14-15H2,(H,25,29)/t18-,20-,22?/m1/s1. The first-order valence-corrected chi connectivity index (χ1v) is 10.3. The molecular formula is C23H24N4O3. The van der Waals surface area contributed by atoms with Crippen LogP contribution in [0.1, 0.15) is 18.4 Å². The lowest BCUT2D eigenvalue weighted by molar-refractivity contribution is -0.130. The van der Waals surface area contributed by atoms with Crippen molar-refractivity contribution in [2.75, 3.05) is 11.4 Å². The number of aliphatic hydroxyl groups is 1. The summed E-state index contributed by atoms with van der Waals surface area (Å²) in [5, 5.41) is 17.0. The summed E-state index contributed by atoms with van der Waals surface area (Å²) in [6, 6.07) is 17.7. The second-order valence-corrected chi connectivity index (χ2v) is 7.83. The van der Waals surface area contributed by atoms with E-state index in [1.165, 1.54) is 0 Å². The Hall–Kier alpha value is -3.32. The molecule has 2 aromatic carbocycles. The first-order chi connectivity index (χ1) is 14.7. The third kappa shape index (κ3) is 3.64. The minimum absolute atomic E-state index is 0.165. The first kappa shape index (κ1) is 18.7. The van der Waals surface area contributed by atoms with Gasteiger partial charge in [0.05, 0.1) is 30.1 Å². The van der Waals surface area contributed by atoms with Gasteiger partial charge in [0.15, 0.2) is 6.10 Å². The van der Waals surface area contributed by atoms with Crippen LogP contribution in [0, 0.1) is 0 Å². The Morgan fingerprint density at radius 3 is 2.67 bits per heavy atom. The van der Waals surface area contributed by atoms with Gasteiger partial charge in [-0.3, -0.25) is 4.79 Å². The van der Waals surface area contributed by atoms with Gasteiger partial charge in [0, 0.05) is 18.9 Å². The summed E-state index contributed by atoms with van der Waals surface area (Å²) in [4.78, 5) is 14.9. The monoisotopic (exact) mass is 404 g/mol. The Morgan fingerprint density at radius 1 is 1.13 bits per heavy atom. The van der Waals surface area contributed by atoms with E-state index in [0.29, 0.717) is 18.8 Å². The van der Waals surface area contributed by atoms with Crippen LogP contribution in [0.15, 0.2) is 67.0 Å². The highest BCUT2D eigenvalue weighted by Crippen LogP contribution is 2.34. The molecule has 0 radical (unpaired) electrons. The molecule has 1 aromatic heterocycles. The van der Waals surface area contributed by atoms with Crippen molar-refractivity contribution in [1.82, 2.24) is 15.1 Å². The van der Waals surface area contributed by atoms with E-state index in [4.69, 9.17) is 4.74 Å². The predicted molar refractivity (Wildman–Crippen MR) is 113 cm³/mol. The Morgan fingerprint density at radius 2 is 1.97 bits per heavy atom. The molecule has 0 saturated heterocycles. The second-order valence-electron chi connectivity index (χ2n) is 7.83. The average molecular weight is 404 g/mol. The fourth-order valence-electron chi connectivity index (χ4n) is 3.92. The third-order valence-electron chi connectivity index (χ3n) is 5.80. The SMILES string of the molecule is O=C(N[C@@H]1CC[C@H]1O)C1CN(Cc2ccc(-n3cccn3)cc2)c2ccccc2O1. The zero-order valence-corrected chi connectivity index (χ0v) is 16.5. The zero-order chi connectivity index (χ0) is 20.5. The van der Waals surface area contributed by atoms with Gasteiger partial charge < -0.3 is 20.1 Å². The molecule has 2 N–H and O–H groups in total. The minimum Gasteiger partial charge on any atom is -0.477 e. The summed E-state index contributed by atoms with van der Waals surface area (Å²) >= 11 is 0. The van der Waals surface area contributed by atoms with Crippen LogP contribution >= 0.6 is 0 Å². The average Bonchev–Trinajstić information content (AvgIpc) is 3.31. The van der Waals surface area contributed by atoms with Gasteiger partial charge in [-0.1, -0.05) is 24.3 Å². The molecule has 0 spiro atoms. The van der Waals surface area contributed by atoms with E-state index < -0.39 is 12.2 Å². The quantitative estimate of drug-likeness (QED) is 0.682. The van der Waals surface area contributed by atoms with Crippen molar-refractivity contribution in [2.45, 2.75) is 37.6 Å². The van der Waals surface area contributed by atoms with Gasteiger partial charge in [0.1, 0.15) is 5.75 Å². The van der Waals surface area contributed by atoms with E-state index in [1.54, 1.807) is 6.20 Å². The van der Waals surface area contributed by atoms with Crippen LogP contribution < -0.4 is 15.0 Å². The van der Waals surface area contributed by atoms with E-state index in [1.807, 2.05) is 53.3 Å². The molecule has 3 atom stereocenters. The molecule has 30 heavy (non-hydrogen) atoms. The highest BCUT2D eigenvalue weighted by molar-refractivity contribution is 5.83. The smallest absolute Gasteiger partial charge is 0.263 e. The van der Waals surface area contributed by atoms with E-state index in [-0.39, 0.29) is 11.9 Å². The number of benzene rings is 2. The van der Waals surface area contributed by atoms with E-state index >= 15 is 0 Å². The summed E-state index contributed by atoms with van der Waals surface area (Å²) in [6.07, 6.45) is 4.15. The normalized spacial score (nSPS) is 22.6. The van der Waals surface area contributed by atoms with Gasteiger partial charge in [0.25, 0.3) is 5.91 Å². The van der Waals surface area contributed by atoms with Crippen molar-refractivity contribution in [3.63, 3.8) is 0 Å². The number of para-hydroxylation sites is 2. The van der Waals surface area contributed by atoms with Crippen LogP contribution in [0.4, 0.5) is 5.69 Å². The molecule has 1 unspecified atom stereocenters. The second kappa shape index (κ2) is 7.84. The molecule has 1 aliphatic heterocycles. The Kier molecular flexibility index (Phi) is 4.88. The number of amides is 1. The van der Waals surface area contributed by atoms with Crippen LogP contribution in [0.25, 0.3) is 5.69 Å². The molecule has 154 valence electrons. The number of rotatable bonds is 5. The number of fused-ring (bicyclic) bond motifs is 1. The van der Waals surface area contributed by atoms with Crippen LogP contribution in [-0.4, -0.2) is 45.6 Å². The number of nitrogens with zero attached hydrogens (tertiary/aromatic N) is 3. The molecule has 1 fully saturated rings. The molecule has 0 bridgehead atoms. The number of hydrogen-bond acceptors (Lipinski definition) is 5. The van der Waals surface area contributed by atoms with Gasteiger partial charge in [-0.15, -0.1) is 0 Å². The molecule has 5 rings (SSSR count). The molecule has 1 saturated carbocycles. The summed E-state index contributed by atoms with van der Waals surface area (Å²) in [6.45, 7) is 1.11. The highest BCUT2D eigenvalue weighted by Gasteiger charge is 2.35. The first-order valence-electron chi connectivity index (χ1n) is 10.3. The number of carbonyl (C=O) groups is 1. The number of ether oxygens (including phenoxy) is 1. The molecule has 7 heteroatoms. The van der Waals surface area contributed by atoms with Crippen LogP contribution in [0.5, 0.6) is 5.75 Å². The molecule has 2 heterocycles. The molecule has 1 amide bonds. The fourth-order valence-corrected chi connectivity index (χ4v) is 3.92. The highest BCUT2D eigenvalue weighted by atomic mass is 16.5. The Bertz CT molecular complexity index is 1020. The van der Waals surface area contributed by atoms with E-state index in [9.17, 15) is 9.90 Å². The maximum atomic E-state index is 12.7. The fraction of sp³-hybridized carbons (Fsp3) is 0.304. The number of aliphatic hydroxyl groups excluding tert-OH is 1. The van der Waals surface area contributed by atoms with Gasteiger partial charge in [-0.05, 0) is 48.7 Å². The number of aromatic nitrogens is 2. The molecule has 2 aliphatic rings. The maximum Gasteiger partial charge on any atom is 0.263 e. The Labute approximate surface area is 174 Å². The maximum absolute atomic E-state index is 12.7. The lowest BCUT2D eigenvalue weighted by Crippen LogP contribution is -2.56. The third-order valence-corrected chi connectivity index (χ3v) is 5.80. The van der Waals surface area contributed by atoms with Crippen molar-refractivity contribution in [1.29, 1.82) is 0 Å². The number of nitrogens with one attached hydrogen (secondary N) is 1. The van der Waals surface area contributed by atoms with Gasteiger partial charge in [0.2, 0.25) is 0 Å². The number of anilines is 1. The summed E-state index contributed by atoms with van der Waals surface area (Å²) in [7, 11) is 0. The molecular weight excluding hydrogens is 380 g/mol. The van der Waals surface area contributed by atoms with Crippen molar-refractivity contribution < 1.29 is 14.6 Å². The van der Waals surface area contributed by atoms with Crippen molar-refractivity contribution in [3.8, 4) is 11.4 Å². The summed E-state index contributed by atoms with van der Waals surface area (Å²) < 4.78 is 7.81. The number of hydrogen-bond donors (Lipinski definition) is 2. The molecule has 1 aliphatic carbocycles. The largest absolute Gasteiger partial charge is 0.477 e. The minimum atomic E-state index is -0.615. The van der Waals surface area contributed by atoms with Gasteiger partial charge in [-0.25, -0.2) is 4.68 Å². The van der Waals surface area contributed by atoms with Crippen LogP contribution in [0.2, 0.25) is 0 Å². The van der Waals surface area contributed by atoms with Crippen molar-refractivity contribution >= 4 is 11.6 Å². The van der Waals surface area contributed by atoms with Crippen LogP contribution in [-0.2, 0) is 11.3 Å². The lowest BCUT2D eigenvalue weighted by atomic mass is 9.89. The van der Waals surface area contributed by atoms with Crippen molar-refractivity contribution in [3.05, 3.63) is 72.6 Å². The Balaban J connectivity index is 1.33. The number of carbonyl (C=O) groups excluding carboxylic acids is 1. The van der Waals surface area contributed by atoms with Crippen LogP contribution in [0.3, 0.4) is 0 Å². The van der Waals surface area contributed by atoms with E-state index in [2.05, 4.69) is 27.4 Å². The summed E-state index contributed by atoms with van der Waals surface area (Å²) in [5.74, 6) is 0.526. The molecule has 7 nitrogen and oxygen atoms in total. The predicted octanol–water partition coefficient (Wildman–Crippen LogP) is 2.28.